The molecule has 1 heterocycles. The minimum atomic E-state index is -0.485. The average molecular weight is 293 g/mol. The van der Waals surface area contributed by atoms with Crippen LogP contribution in [0.15, 0.2) is 18.2 Å². The van der Waals surface area contributed by atoms with Crippen molar-refractivity contribution in [3.63, 3.8) is 0 Å². The van der Waals surface area contributed by atoms with E-state index in [4.69, 9.17) is 17.3 Å². The first-order chi connectivity index (χ1) is 9.53. The molecule has 0 radical (unpaired) electrons. The first kappa shape index (κ1) is 13.4. The molecular formula is C15H17ClN2O2. The van der Waals surface area contributed by atoms with Gasteiger partial charge in [-0.3, -0.25) is 9.59 Å². The van der Waals surface area contributed by atoms with Gasteiger partial charge in [0.1, 0.15) is 0 Å². The smallest absolute Gasteiger partial charge is 0.240 e. The number of carbonyl (C=O) groups excluding carboxylic acids is 2. The van der Waals surface area contributed by atoms with Crippen LogP contribution in [0.3, 0.4) is 0 Å². The van der Waals surface area contributed by atoms with Crippen LogP contribution < -0.4 is 10.6 Å². The molecule has 1 spiro atoms. The highest BCUT2D eigenvalue weighted by atomic mass is 35.5. The van der Waals surface area contributed by atoms with Gasteiger partial charge >= 0.3 is 0 Å². The van der Waals surface area contributed by atoms with Gasteiger partial charge in [-0.15, -0.1) is 0 Å². The van der Waals surface area contributed by atoms with Gasteiger partial charge in [0.25, 0.3) is 0 Å². The molecule has 1 aromatic carbocycles. The predicted molar refractivity (Wildman–Crippen MR) is 78.5 cm³/mol. The Hall–Kier alpha value is -1.55. The highest BCUT2D eigenvalue weighted by Crippen LogP contribution is 2.47. The third-order valence-corrected chi connectivity index (χ3v) is 4.67. The van der Waals surface area contributed by atoms with E-state index in [1.165, 1.54) is 4.90 Å². The van der Waals surface area contributed by atoms with E-state index in [-0.39, 0.29) is 11.8 Å². The van der Waals surface area contributed by atoms with Crippen molar-refractivity contribution in [3.8, 4) is 0 Å². The summed E-state index contributed by atoms with van der Waals surface area (Å²) in [4.78, 5) is 26.3. The standard InChI is InChI=1S/C15H17ClN2O2/c16-10-4-5-12(11(17)8-10)18-13(19)9-15(14(18)20)6-2-1-3-7-15/h4-5,8H,1-3,6-7,9,17H2. The Kier molecular flexibility index (Phi) is 3.21. The number of imide groups is 1. The van der Waals surface area contributed by atoms with Crippen molar-refractivity contribution in [2.24, 2.45) is 5.41 Å². The van der Waals surface area contributed by atoms with Crippen LogP contribution in [0, 0.1) is 5.41 Å². The Labute approximate surface area is 122 Å². The highest BCUT2D eigenvalue weighted by Gasteiger charge is 2.52. The lowest BCUT2D eigenvalue weighted by molar-refractivity contribution is -0.127. The fraction of sp³-hybridized carbons (Fsp3) is 0.467. The number of benzene rings is 1. The number of carbonyl (C=O) groups is 2. The number of anilines is 2. The molecule has 20 heavy (non-hydrogen) atoms. The third-order valence-electron chi connectivity index (χ3n) is 4.44. The second-order valence-corrected chi connectivity index (χ2v) is 6.19. The fourth-order valence-corrected chi connectivity index (χ4v) is 3.57. The lowest BCUT2D eigenvalue weighted by Gasteiger charge is -2.30. The Bertz CT molecular complexity index is 579. The van der Waals surface area contributed by atoms with Crippen molar-refractivity contribution in [1.29, 1.82) is 0 Å². The van der Waals surface area contributed by atoms with Gasteiger partial charge in [0, 0.05) is 11.4 Å². The summed E-state index contributed by atoms with van der Waals surface area (Å²) in [5, 5.41) is 0.498. The number of hydrogen-bond acceptors (Lipinski definition) is 3. The maximum atomic E-state index is 12.7. The summed E-state index contributed by atoms with van der Waals surface area (Å²) in [5.41, 5.74) is 6.26. The number of halogens is 1. The molecule has 4 nitrogen and oxygen atoms in total. The monoisotopic (exact) mass is 292 g/mol. The summed E-state index contributed by atoms with van der Waals surface area (Å²) in [7, 11) is 0. The number of nitrogens with two attached hydrogens (primary N) is 1. The Balaban J connectivity index is 1.98. The van der Waals surface area contributed by atoms with E-state index in [0.29, 0.717) is 22.8 Å². The number of amides is 2. The van der Waals surface area contributed by atoms with Gasteiger partial charge < -0.3 is 5.73 Å². The van der Waals surface area contributed by atoms with Crippen LogP contribution in [-0.2, 0) is 9.59 Å². The molecule has 1 saturated heterocycles. The quantitative estimate of drug-likeness (QED) is 0.639. The van der Waals surface area contributed by atoms with E-state index < -0.39 is 5.41 Å². The SMILES string of the molecule is Nc1cc(Cl)ccc1N1C(=O)CC2(CCCCC2)C1=O. The molecule has 0 aromatic heterocycles. The topological polar surface area (TPSA) is 63.4 Å². The van der Waals surface area contributed by atoms with Crippen LogP contribution in [0.1, 0.15) is 38.5 Å². The summed E-state index contributed by atoms with van der Waals surface area (Å²) in [6, 6.07) is 4.87. The molecule has 106 valence electrons. The fourth-order valence-electron chi connectivity index (χ4n) is 3.39. The molecule has 5 heteroatoms. The molecule has 2 N–H and O–H groups in total. The van der Waals surface area contributed by atoms with Crippen LogP contribution in [0.25, 0.3) is 0 Å². The number of rotatable bonds is 1. The molecule has 0 unspecified atom stereocenters. The summed E-state index contributed by atoms with van der Waals surface area (Å²) in [6.07, 6.45) is 5.11. The Morgan fingerprint density at radius 1 is 1.15 bits per heavy atom. The van der Waals surface area contributed by atoms with E-state index in [1.54, 1.807) is 18.2 Å². The van der Waals surface area contributed by atoms with E-state index >= 15 is 0 Å². The molecular weight excluding hydrogens is 276 g/mol. The zero-order valence-corrected chi connectivity index (χ0v) is 11.9. The minimum Gasteiger partial charge on any atom is -0.397 e. The summed E-state index contributed by atoms with van der Waals surface area (Å²) in [5.74, 6) is -0.234. The van der Waals surface area contributed by atoms with Crippen LogP contribution in [0.5, 0.6) is 0 Å². The van der Waals surface area contributed by atoms with Gasteiger partial charge in [0.05, 0.1) is 16.8 Å². The maximum Gasteiger partial charge on any atom is 0.240 e. The van der Waals surface area contributed by atoms with Gasteiger partial charge in [-0.2, -0.15) is 0 Å². The van der Waals surface area contributed by atoms with Crippen molar-refractivity contribution in [3.05, 3.63) is 23.2 Å². The van der Waals surface area contributed by atoms with Gasteiger partial charge in [0.2, 0.25) is 11.8 Å². The van der Waals surface area contributed by atoms with E-state index in [2.05, 4.69) is 0 Å². The van der Waals surface area contributed by atoms with E-state index in [1.807, 2.05) is 0 Å². The molecule has 3 rings (SSSR count). The average Bonchev–Trinajstić information content (AvgIpc) is 2.63. The van der Waals surface area contributed by atoms with Gasteiger partial charge in [-0.25, -0.2) is 4.90 Å². The molecule has 0 atom stereocenters. The van der Waals surface area contributed by atoms with Crippen LogP contribution in [-0.4, -0.2) is 11.8 Å². The lowest BCUT2D eigenvalue weighted by atomic mass is 9.73. The van der Waals surface area contributed by atoms with Gasteiger partial charge in [-0.1, -0.05) is 30.9 Å². The molecule has 1 aromatic rings. The van der Waals surface area contributed by atoms with Crippen molar-refractivity contribution in [1.82, 2.24) is 0 Å². The van der Waals surface area contributed by atoms with Crippen molar-refractivity contribution < 1.29 is 9.59 Å². The van der Waals surface area contributed by atoms with E-state index in [0.717, 1.165) is 32.1 Å². The summed E-state index contributed by atoms with van der Waals surface area (Å²) >= 11 is 5.87. The Morgan fingerprint density at radius 2 is 1.85 bits per heavy atom. The molecule has 0 bridgehead atoms. The lowest BCUT2D eigenvalue weighted by Crippen LogP contribution is -2.37. The van der Waals surface area contributed by atoms with Gasteiger partial charge in [-0.05, 0) is 31.0 Å². The largest absolute Gasteiger partial charge is 0.397 e. The van der Waals surface area contributed by atoms with Gasteiger partial charge in [0.15, 0.2) is 0 Å². The minimum absolute atomic E-state index is 0.0868. The predicted octanol–water partition coefficient (Wildman–Crippen LogP) is 3.14. The maximum absolute atomic E-state index is 12.7. The molecule has 2 fully saturated rings. The van der Waals surface area contributed by atoms with Crippen LogP contribution in [0.2, 0.25) is 5.02 Å². The number of nitrogens with zero attached hydrogens (tertiary/aromatic N) is 1. The molecule has 1 aliphatic carbocycles. The van der Waals surface area contributed by atoms with Crippen LogP contribution in [0.4, 0.5) is 11.4 Å². The van der Waals surface area contributed by atoms with E-state index in [9.17, 15) is 9.59 Å². The van der Waals surface area contributed by atoms with Crippen molar-refractivity contribution in [2.45, 2.75) is 38.5 Å². The third kappa shape index (κ3) is 1.99. The number of hydrogen-bond donors (Lipinski definition) is 1. The Morgan fingerprint density at radius 3 is 2.50 bits per heavy atom. The molecule has 1 aliphatic heterocycles. The zero-order chi connectivity index (χ0) is 14.3. The second kappa shape index (κ2) is 4.77. The first-order valence-electron chi connectivity index (χ1n) is 6.96. The molecule has 1 saturated carbocycles. The first-order valence-corrected chi connectivity index (χ1v) is 7.34. The summed E-state index contributed by atoms with van der Waals surface area (Å²) < 4.78 is 0. The van der Waals surface area contributed by atoms with Crippen molar-refractivity contribution >= 4 is 34.8 Å². The van der Waals surface area contributed by atoms with Crippen molar-refractivity contribution in [2.75, 3.05) is 10.6 Å². The normalized spacial score (nSPS) is 21.8. The molecule has 2 aliphatic rings. The second-order valence-electron chi connectivity index (χ2n) is 5.76. The molecule has 2 amide bonds. The highest BCUT2D eigenvalue weighted by molar-refractivity contribution is 6.31. The number of nitrogen functional groups attached to an aromatic ring is 1. The van der Waals surface area contributed by atoms with Crippen LogP contribution >= 0.6 is 11.6 Å². The summed E-state index contributed by atoms with van der Waals surface area (Å²) in [6.45, 7) is 0. The zero-order valence-electron chi connectivity index (χ0n) is 11.2.